The fourth-order valence-electron chi connectivity index (χ4n) is 3.46. The Kier molecular flexibility index (Phi) is 5.95. The number of amidine groups is 1. The van der Waals surface area contributed by atoms with E-state index in [0.717, 1.165) is 5.56 Å². The van der Waals surface area contributed by atoms with Gasteiger partial charge in [0.1, 0.15) is 0 Å². The lowest BCUT2D eigenvalue weighted by Gasteiger charge is -2.33. The number of aliphatic imine (C=N–C) groups is 1. The lowest BCUT2D eigenvalue weighted by Crippen LogP contribution is -2.40. The number of fused-ring (bicyclic) bond motifs is 1. The predicted molar refractivity (Wildman–Crippen MR) is 118 cm³/mol. The number of allylic oxidation sites excluding steroid dienone is 1. The van der Waals surface area contributed by atoms with Gasteiger partial charge in [0.15, 0.2) is 5.17 Å². The van der Waals surface area contributed by atoms with Crippen molar-refractivity contribution >= 4 is 28.8 Å². The summed E-state index contributed by atoms with van der Waals surface area (Å²) in [4.78, 5) is 32.2. The molecule has 2 aliphatic heterocycles. The Morgan fingerprint density at radius 1 is 1.24 bits per heavy atom. The van der Waals surface area contributed by atoms with Crippen LogP contribution in [0.5, 0.6) is 0 Å². The van der Waals surface area contributed by atoms with Crippen molar-refractivity contribution in [2.45, 2.75) is 65.2 Å². The van der Waals surface area contributed by atoms with Gasteiger partial charge in [0, 0.05) is 0 Å². The van der Waals surface area contributed by atoms with E-state index in [0.29, 0.717) is 23.0 Å². The van der Waals surface area contributed by atoms with E-state index in [1.807, 2.05) is 39.8 Å². The van der Waals surface area contributed by atoms with Crippen molar-refractivity contribution in [2.75, 3.05) is 6.61 Å². The lowest BCUT2D eigenvalue weighted by molar-refractivity contribution is -0.141. The predicted octanol–water partition coefficient (Wildman–Crippen LogP) is 4.83. The van der Waals surface area contributed by atoms with E-state index >= 15 is 0 Å². The molecule has 3 rings (SSSR count). The molecule has 2 unspecified atom stereocenters. The summed E-state index contributed by atoms with van der Waals surface area (Å²) in [5.41, 5.74) is 3.18. The zero-order valence-corrected chi connectivity index (χ0v) is 19.1. The van der Waals surface area contributed by atoms with Gasteiger partial charge in [-0.15, -0.1) is 0 Å². The summed E-state index contributed by atoms with van der Waals surface area (Å²) in [6.45, 7) is 14.5. The van der Waals surface area contributed by atoms with Crippen molar-refractivity contribution < 1.29 is 14.3 Å². The molecule has 0 N–H and O–H groups in total. The molecule has 2 heterocycles. The average molecular weight is 415 g/mol. The van der Waals surface area contributed by atoms with Crippen molar-refractivity contribution in [3.05, 3.63) is 46.7 Å². The summed E-state index contributed by atoms with van der Waals surface area (Å²) in [5, 5.41) is 0.439. The molecule has 0 saturated carbocycles. The summed E-state index contributed by atoms with van der Waals surface area (Å²) in [6, 6.07) is 7.66. The third-order valence-corrected chi connectivity index (χ3v) is 6.17. The topological polar surface area (TPSA) is 59.0 Å². The van der Waals surface area contributed by atoms with E-state index in [-0.39, 0.29) is 22.5 Å². The molecule has 0 spiro atoms. The first kappa shape index (κ1) is 21.6. The third-order valence-electron chi connectivity index (χ3n) is 5.12. The molecule has 29 heavy (non-hydrogen) atoms. The Bertz CT molecular complexity index is 878. The molecule has 2 aliphatic rings. The second-order valence-electron chi connectivity index (χ2n) is 9.13. The van der Waals surface area contributed by atoms with Gasteiger partial charge < -0.3 is 4.74 Å². The highest BCUT2D eigenvalue weighted by Gasteiger charge is 2.46. The molecule has 1 amide bonds. The Morgan fingerprint density at radius 2 is 1.86 bits per heavy atom. The van der Waals surface area contributed by atoms with Gasteiger partial charge >= 0.3 is 5.97 Å². The zero-order valence-electron chi connectivity index (χ0n) is 18.3. The highest BCUT2D eigenvalue weighted by atomic mass is 32.2. The van der Waals surface area contributed by atoms with Crippen LogP contribution in [-0.2, 0) is 19.7 Å². The minimum absolute atomic E-state index is 0.0241. The maximum Gasteiger partial charge on any atom is 0.338 e. The van der Waals surface area contributed by atoms with Gasteiger partial charge in [0.2, 0.25) is 5.91 Å². The van der Waals surface area contributed by atoms with Crippen LogP contribution < -0.4 is 0 Å². The largest absolute Gasteiger partial charge is 0.462 e. The third kappa shape index (κ3) is 4.27. The molecule has 0 bridgehead atoms. The number of esters is 1. The van der Waals surface area contributed by atoms with Crippen LogP contribution in [0.2, 0.25) is 0 Å². The molecule has 2 atom stereocenters. The van der Waals surface area contributed by atoms with Crippen LogP contribution in [0.4, 0.5) is 0 Å². The highest BCUT2D eigenvalue weighted by Crippen LogP contribution is 2.43. The van der Waals surface area contributed by atoms with Crippen LogP contribution in [0.15, 0.2) is 40.5 Å². The first-order chi connectivity index (χ1) is 13.5. The summed E-state index contributed by atoms with van der Waals surface area (Å²) in [7, 11) is 0. The molecule has 0 aromatic heterocycles. The first-order valence-corrected chi connectivity index (χ1v) is 11.0. The van der Waals surface area contributed by atoms with Crippen LogP contribution in [0.25, 0.3) is 0 Å². The fraction of sp³-hybridized carbons (Fsp3) is 0.522. The van der Waals surface area contributed by atoms with E-state index in [2.05, 4.69) is 37.9 Å². The van der Waals surface area contributed by atoms with E-state index in [9.17, 15) is 9.59 Å². The Hall–Kier alpha value is -2.08. The Balaban J connectivity index is 2.06. The zero-order chi connectivity index (χ0) is 21.5. The lowest BCUT2D eigenvalue weighted by atomic mass is 9.85. The number of hydrogen-bond donors (Lipinski definition) is 0. The van der Waals surface area contributed by atoms with Crippen LogP contribution >= 0.6 is 11.8 Å². The molecule has 1 fully saturated rings. The smallest absolute Gasteiger partial charge is 0.338 e. The van der Waals surface area contributed by atoms with Crippen LogP contribution in [0, 0.1) is 5.92 Å². The number of rotatable bonds is 4. The van der Waals surface area contributed by atoms with E-state index in [4.69, 9.17) is 4.74 Å². The molecular weight excluding hydrogens is 384 g/mol. The minimum Gasteiger partial charge on any atom is -0.462 e. The van der Waals surface area contributed by atoms with Crippen molar-refractivity contribution in [1.29, 1.82) is 0 Å². The van der Waals surface area contributed by atoms with Gasteiger partial charge in [-0.05, 0) is 36.3 Å². The van der Waals surface area contributed by atoms with Crippen molar-refractivity contribution in [3.63, 3.8) is 0 Å². The van der Waals surface area contributed by atoms with Crippen molar-refractivity contribution in [2.24, 2.45) is 10.9 Å². The molecule has 1 aromatic rings. The van der Waals surface area contributed by atoms with Crippen LogP contribution in [0.1, 0.15) is 65.6 Å². The molecule has 0 radical (unpaired) electrons. The molecule has 1 saturated heterocycles. The van der Waals surface area contributed by atoms with Crippen LogP contribution in [0.3, 0.4) is 0 Å². The maximum atomic E-state index is 13.0. The van der Waals surface area contributed by atoms with Gasteiger partial charge in [-0.25, -0.2) is 9.79 Å². The molecule has 5 nitrogen and oxygen atoms in total. The molecule has 6 heteroatoms. The summed E-state index contributed by atoms with van der Waals surface area (Å²) >= 11 is 1.44. The number of thioether (sulfide) groups is 1. The summed E-state index contributed by atoms with van der Waals surface area (Å²) in [5.74, 6) is -0.197. The number of nitrogens with zero attached hydrogens (tertiary/aromatic N) is 2. The number of hydrogen-bond acceptors (Lipinski definition) is 5. The Labute approximate surface area is 177 Å². The van der Waals surface area contributed by atoms with E-state index in [1.54, 1.807) is 4.90 Å². The second-order valence-corrected chi connectivity index (χ2v) is 10.4. The van der Waals surface area contributed by atoms with Gasteiger partial charge in [0.05, 0.1) is 29.2 Å². The molecular formula is C23H30N2O3S. The molecule has 156 valence electrons. The quantitative estimate of drug-likeness (QED) is 0.662. The van der Waals surface area contributed by atoms with Gasteiger partial charge in [0.25, 0.3) is 0 Å². The highest BCUT2D eigenvalue weighted by molar-refractivity contribution is 8.15. The first-order valence-electron chi connectivity index (χ1n) is 10.1. The van der Waals surface area contributed by atoms with Crippen LogP contribution in [-0.4, -0.2) is 33.8 Å². The monoisotopic (exact) mass is 414 g/mol. The van der Waals surface area contributed by atoms with Gasteiger partial charge in [-0.1, -0.05) is 70.6 Å². The number of amides is 1. The fourth-order valence-corrected chi connectivity index (χ4v) is 4.49. The summed E-state index contributed by atoms with van der Waals surface area (Å²) < 4.78 is 5.54. The van der Waals surface area contributed by atoms with E-state index < -0.39 is 12.0 Å². The number of carbonyl (C=O) groups is 2. The minimum atomic E-state index is -0.513. The number of ether oxygens (including phenoxy) is 1. The standard InChI is InChI=1S/C23H30N2O3S/c1-13(2)12-28-21(27)18-14(3)24-22-25(20(26)15(4)29-22)19(18)16-8-10-17(11-9-16)23(5,6)7/h8-11,13,15,19H,12H2,1-7H3. The number of benzene rings is 1. The average Bonchev–Trinajstić information content (AvgIpc) is 2.91. The normalized spacial score (nSPS) is 22.1. The molecule has 0 aliphatic carbocycles. The van der Waals surface area contributed by atoms with E-state index in [1.165, 1.54) is 17.3 Å². The van der Waals surface area contributed by atoms with Gasteiger partial charge in [-0.2, -0.15) is 0 Å². The van der Waals surface area contributed by atoms with Gasteiger partial charge in [-0.3, -0.25) is 9.69 Å². The number of carbonyl (C=O) groups excluding carboxylic acids is 2. The Morgan fingerprint density at radius 3 is 2.41 bits per heavy atom. The SMILES string of the molecule is CC1=C(C(=O)OCC(C)C)C(c2ccc(C(C)(C)C)cc2)N2C(=O)C(C)SC2=N1. The summed E-state index contributed by atoms with van der Waals surface area (Å²) in [6.07, 6.45) is 0. The van der Waals surface area contributed by atoms with Crippen molar-refractivity contribution in [3.8, 4) is 0 Å². The van der Waals surface area contributed by atoms with Crippen molar-refractivity contribution in [1.82, 2.24) is 4.90 Å². The molecule has 1 aromatic carbocycles. The second kappa shape index (κ2) is 7.98. The maximum absolute atomic E-state index is 13.0.